The standard InChI is InChI=1S/2C12H8F2.H2Se2/c2*13-11-5-1-9(2-6-11)10-3-7-12(14)8-4-10;1-2/h2*1-8H;1-2H. The van der Waals surface area contributed by atoms with Crippen molar-refractivity contribution in [2.75, 3.05) is 0 Å². The fourth-order valence-corrected chi connectivity index (χ4v) is 2.57. The Bertz CT molecular complexity index is 841. The summed E-state index contributed by atoms with van der Waals surface area (Å²) in [5.74, 6) is -1.07. The van der Waals surface area contributed by atoms with Gasteiger partial charge in [0.2, 0.25) is 0 Å². The minimum atomic E-state index is -0.268. The molecular weight excluding hydrogens is 522 g/mol. The van der Waals surface area contributed by atoms with Crippen molar-refractivity contribution in [1.29, 1.82) is 0 Å². The molecule has 0 saturated carbocycles. The first kappa shape index (κ1) is 23.9. The first-order valence-electron chi connectivity index (χ1n) is 8.74. The second-order valence-corrected chi connectivity index (χ2v) is 6.03. The molecule has 4 aromatic rings. The molecule has 0 nitrogen and oxygen atoms in total. The summed E-state index contributed by atoms with van der Waals surface area (Å²) >= 11 is 4.50. The summed E-state index contributed by atoms with van der Waals surface area (Å²) in [5.41, 5.74) is 3.52. The summed E-state index contributed by atoms with van der Waals surface area (Å²) in [4.78, 5) is 0. The zero-order valence-corrected chi connectivity index (χ0v) is 19.4. The van der Waals surface area contributed by atoms with E-state index in [2.05, 4.69) is 28.4 Å². The average Bonchev–Trinajstić information content (AvgIpc) is 2.78. The molecular formula is C24H18F4Se2. The van der Waals surface area contributed by atoms with Crippen molar-refractivity contribution in [3.05, 3.63) is 120 Å². The average molecular weight is 540 g/mol. The molecule has 0 aliphatic rings. The monoisotopic (exact) mass is 542 g/mol. The van der Waals surface area contributed by atoms with E-state index in [9.17, 15) is 17.6 Å². The maximum absolute atomic E-state index is 12.6. The van der Waals surface area contributed by atoms with Gasteiger partial charge in [-0.1, -0.05) is 48.5 Å². The van der Waals surface area contributed by atoms with Gasteiger partial charge in [-0.2, -0.15) is 0 Å². The van der Waals surface area contributed by atoms with Crippen molar-refractivity contribution in [3.8, 4) is 22.3 Å². The van der Waals surface area contributed by atoms with Gasteiger partial charge in [0, 0.05) is 0 Å². The van der Waals surface area contributed by atoms with E-state index < -0.39 is 0 Å². The Kier molecular flexibility index (Phi) is 9.85. The molecule has 0 aliphatic carbocycles. The fourth-order valence-electron chi connectivity index (χ4n) is 2.57. The Hall–Kier alpha value is -2.36. The summed E-state index contributed by atoms with van der Waals surface area (Å²) in [6.45, 7) is 0. The van der Waals surface area contributed by atoms with Gasteiger partial charge in [0.1, 0.15) is 23.3 Å². The van der Waals surface area contributed by atoms with E-state index >= 15 is 0 Å². The number of halogens is 4. The molecule has 0 N–H and O–H groups in total. The molecule has 154 valence electrons. The minimum absolute atomic E-state index is 0.268. The Morgan fingerprint density at radius 1 is 0.300 bits per heavy atom. The molecule has 30 heavy (non-hydrogen) atoms. The van der Waals surface area contributed by atoms with Crippen molar-refractivity contribution in [2.45, 2.75) is 0 Å². The summed E-state index contributed by atoms with van der Waals surface area (Å²) in [5, 5.41) is 0. The SMILES string of the molecule is Fc1ccc(-c2ccc(F)cc2)cc1.Fc1ccc(-c2ccc(F)cc2)cc1.[SeH][SeH]. The quantitative estimate of drug-likeness (QED) is 0.217. The summed E-state index contributed by atoms with van der Waals surface area (Å²) < 4.78 is 50.4. The Morgan fingerprint density at radius 2 is 0.433 bits per heavy atom. The van der Waals surface area contributed by atoms with Crippen LogP contribution in [-0.4, -0.2) is 28.4 Å². The molecule has 0 heterocycles. The predicted molar refractivity (Wildman–Crippen MR) is 118 cm³/mol. The molecule has 0 aromatic heterocycles. The number of hydrogen-bond acceptors (Lipinski definition) is 0. The topological polar surface area (TPSA) is 0 Å². The third kappa shape index (κ3) is 7.47. The van der Waals surface area contributed by atoms with Crippen LogP contribution in [0.3, 0.4) is 0 Å². The Balaban J connectivity index is 0.000000197. The maximum atomic E-state index is 12.6. The Morgan fingerprint density at radius 3 is 0.567 bits per heavy atom. The fraction of sp³-hybridized carbons (Fsp3) is 0. The van der Waals surface area contributed by atoms with Crippen LogP contribution in [0.2, 0.25) is 0 Å². The van der Waals surface area contributed by atoms with Crippen LogP contribution in [0.15, 0.2) is 97.1 Å². The molecule has 4 aromatic carbocycles. The zero-order chi connectivity index (χ0) is 21.9. The third-order valence-corrected chi connectivity index (χ3v) is 4.04. The molecule has 0 spiro atoms. The second kappa shape index (κ2) is 12.4. The van der Waals surface area contributed by atoms with Crippen LogP contribution < -0.4 is 0 Å². The van der Waals surface area contributed by atoms with E-state index in [-0.39, 0.29) is 23.3 Å². The first-order chi connectivity index (χ1) is 14.5. The van der Waals surface area contributed by atoms with Crippen molar-refractivity contribution < 1.29 is 17.6 Å². The third-order valence-electron chi connectivity index (χ3n) is 4.04. The van der Waals surface area contributed by atoms with Crippen LogP contribution in [0, 0.1) is 23.3 Å². The van der Waals surface area contributed by atoms with Gasteiger partial charge in [-0.15, -0.1) is 0 Å². The van der Waals surface area contributed by atoms with E-state index in [0.29, 0.717) is 0 Å². The van der Waals surface area contributed by atoms with Gasteiger partial charge in [-0.3, -0.25) is 0 Å². The van der Waals surface area contributed by atoms with Crippen molar-refractivity contribution in [2.24, 2.45) is 0 Å². The summed E-state index contributed by atoms with van der Waals surface area (Å²) in [7, 11) is 0. The van der Waals surface area contributed by atoms with Gasteiger partial charge in [-0.05, 0) is 70.8 Å². The van der Waals surface area contributed by atoms with E-state index in [1.807, 2.05) is 0 Å². The van der Waals surface area contributed by atoms with E-state index in [1.54, 1.807) is 48.5 Å². The molecule has 0 radical (unpaired) electrons. The summed E-state index contributed by atoms with van der Waals surface area (Å²) in [6, 6.07) is 24.5. The van der Waals surface area contributed by atoms with E-state index in [4.69, 9.17) is 0 Å². The zero-order valence-electron chi connectivity index (χ0n) is 15.6. The molecule has 0 amide bonds. The molecule has 0 aliphatic heterocycles. The van der Waals surface area contributed by atoms with Crippen molar-refractivity contribution in [1.82, 2.24) is 0 Å². The van der Waals surface area contributed by atoms with Crippen molar-refractivity contribution in [3.63, 3.8) is 0 Å². The normalized spacial score (nSPS) is 9.67. The molecule has 4 rings (SSSR count). The van der Waals surface area contributed by atoms with Gasteiger partial charge < -0.3 is 0 Å². The van der Waals surface area contributed by atoms with Gasteiger partial charge in [0.05, 0.1) is 0 Å². The van der Waals surface area contributed by atoms with Crippen LogP contribution in [0.5, 0.6) is 0 Å². The van der Waals surface area contributed by atoms with E-state index in [0.717, 1.165) is 22.3 Å². The Labute approximate surface area is 188 Å². The molecule has 0 bridgehead atoms. The number of hydrogen-bond donors (Lipinski definition) is 0. The van der Waals surface area contributed by atoms with Gasteiger partial charge >= 0.3 is 28.4 Å². The molecule has 0 atom stereocenters. The first-order valence-corrected chi connectivity index (χ1v) is 13.9. The van der Waals surface area contributed by atoms with Crippen LogP contribution >= 0.6 is 0 Å². The van der Waals surface area contributed by atoms with Gasteiger partial charge in [0.15, 0.2) is 0 Å². The number of benzene rings is 4. The second-order valence-electron chi connectivity index (χ2n) is 6.03. The molecule has 0 fully saturated rings. The van der Waals surface area contributed by atoms with Crippen LogP contribution in [-0.2, 0) is 0 Å². The van der Waals surface area contributed by atoms with Gasteiger partial charge in [0.25, 0.3) is 0 Å². The molecule has 0 unspecified atom stereocenters. The van der Waals surface area contributed by atoms with Crippen LogP contribution in [0.25, 0.3) is 22.3 Å². The predicted octanol–water partition coefficient (Wildman–Crippen LogP) is 5.97. The molecule has 6 heteroatoms. The summed E-state index contributed by atoms with van der Waals surface area (Å²) in [6.07, 6.45) is 0. The number of rotatable bonds is 2. The van der Waals surface area contributed by atoms with Crippen molar-refractivity contribution >= 4 is 28.4 Å². The van der Waals surface area contributed by atoms with Gasteiger partial charge in [-0.25, -0.2) is 17.6 Å². The van der Waals surface area contributed by atoms with E-state index in [1.165, 1.54) is 48.5 Å². The van der Waals surface area contributed by atoms with Crippen LogP contribution in [0.4, 0.5) is 17.6 Å². The molecule has 0 saturated heterocycles. The van der Waals surface area contributed by atoms with Crippen LogP contribution in [0.1, 0.15) is 0 Å².